The van der Waals surface area contributed by atoms with Crippen LogP contribution < -0.4 is 11.0 Å². The lowest BCUT2D eigenvalue weighted by atomic mass is 10.2. The number of carbonyl (C=O) groups is 1. The number of thiophene rings is 1. The van der Waals surface area contributed by atoms with Crippen molar-refractivity contribution in [1.29, 1.82) is 0 Å². The predicted octanol–water partition coefficient (Wildman–Crippen LogP) is 1.90. The molecule has 1 amide bonds. The molecule has 1 unspecified atom stereocenters. The molecule has 0 spiro atoms. The molecular weight excluding hydrogens is 310 g/mol. The van der Waals surface area contributed by atoms with Crippen LogP contribution >= 0.6 is 23.1 Å². The molecule has 0 bridgehead atoms. The molecule has 2 rings (SSSR count). The van der Waals surface area contributed by atoms with Gasteiger partial charge < -0.3 is 4.98 Å². The zero-order valence-corrected chi connectivity index (χ0v) is 13.9. The molecular formula is C13H17N3O3S2. The van der Waals surface area contributed by atoms with Gasteiger partial charge in [0.25, 0.3) is 11.5 Å². The quantitative estimate of drug-likeness (QED) is 0.820. The fourth-order valence-electron chi connectivity index (χ4n) is 1.83. The fourth-order valence-corrected chi connectivity index (χ4v) is 3.62. The molecule has 0 saturated carbocycles. The Kier molecular flexibility index (Phi) is 5.02. The fraction of sp³-hybridized carbons (Fsp3) is 0.462. The Hall–Kier alpha value is -1.38. The molecule has 0 aromatic carbocycles. The van der Waals surface area contributed by atoms with E-state index in [2.05, 4.69) is 20.3 Å². The number of rotatable bonds is 5. The minimum absolute atomic E-state index is 0.119. The molecule has 0 aliphatic rings. The third kappa shape index (κ3) is 3.45. The van der Waals surface area contributed by atoms with Gasteiger partial charge in [-0.1, -0.05) is 0 Å². The van der Waals surface area contributed by atoms with Crippen molar-refractivity contribution in [2.24, 2.45) is 0 Å². The first-order chi connectivity index (χ1) is 9.93. The second-order valence-corrected chi connectivity index (χ2v) is 7.13. The molecule has 1 atom stereocenters. The lowest BCUT2D eigenvalue weighted by Crippen LogP contribution is -2.30. The summed E-state index contributed by atoms with van der Waals surface area (Å²) in [7, 11) is 1.39. The molecule has 2 aromatic heterocycles. The summed E-state index contributed by atoms with van der Waals surface area (Å²) in [4.78, 5) is 37.4. The van der Waals surface area contributed by atoms with Gasteiger partial charge >= 0.3 is 0 Å². The summed E-state index contributed by atoms with van der Waals surface area (Å²) in [6.07, 6.45) is 0. The highest BCUT2D eigenvalue weighted by atomic mass is 32.2. The number of hydrogen-bond acceptors (Lipinski definition) is 6. The van der Waals surface area contributed by atoms with Crippen LogP contribution in [0.3, 0.4) is 0 Å². The van der Waals surface area contributed by atoms with Crippen LogP contribution in [0.2, 0.25) is 0 Å². The lowest BCUT2D eigenvalue weighted by molar-refractivity contribution is -0.130. The highest BCUT2D eigenvalue weighted by Gasteiger charge is 2.15. The molecule has 0 aliphatic carbocycles. The standard InChI is InChI=1S/C13H17N3O3S2/c1-6-7(2)21-13-10(6)12(18)14-9(15-13)5-20-8(3)11(17)16-19-4/h8H,5H2,1-4H3,(H,16,17)(H,14,15,18). The van der Waals surface area contributed by atoms with Gasteiger partial charge in [-0.05, 0) is 26.3 Å². The number of aromatic nitrogens is 2. The number of thioether (sulfide) groups is 1. The van der Waals surface area contributed by atoms with E-state index in [1.54, 1.807) is 6.92 Å². The van der Waals surface area contributed by atoms with Crippen molar-refractivity contribution in [2.75, 3.05) is 7.11 Å². The molecule has 2 aromatic rings. The van der Waals surface area contributed by atoms with Crippen LogP contribution in [0.5, 0.6) is 0 Å². The van der Waals surface area contributed by atoms with E-state index in [9.17, 15) is 9.59 Å². The van der Waals surface area contributed by atoms with Crippen molar-refractivity contribution in [3.63, 3.8) is 0 Å². The van der Waals surface area contributed by atoms with Gasteiger partial charge in [0.05, 0.1) is 23.5 Å². The Morgan fingerprint density at radius 1 is 1.52 bits per heavy atom. The summed E-state index contributed by atoms with van der Waals surface area (Å²) in [6.45, 7) is 5.68. The molecule has 114 valence electrons. The van der Waals surface area contributed by atoms with E-state index >= 15 is 0 Å². The van der Waals surface area contributed by atoms with Crippen LogP contribution in [0.1, 0.15) is 23.2 Å². The maximum Gasteiger partial charge on any atom is 0.259 e. The van der Waals surface area contributed by atoms with Crippen LogP contribution in [0.25, 0.3) is 10.2 Å². The number of fused-ring (bicyclic) bond motifs is 1. The van der Waals surface area contributed by atoms with E-state index in [1.807, 2.05) is 13.8 Å². The average molecular weight is 327 g/mol. The topological polar surface area (TPSA) is 84.1 Å². The Morgan fingerprint density at radius 2 is 2.24 bits per heavy atom. The molecule has 2 heterocycles. The van der Waals surface area contributed by atoms with Crippen LogP contribution in [0, 0.1) is 13.8 Å². The Balaban J connectivity index is 2.17. The highest BCUT2D eigenvalue weighted by molar-refractivity contribution is 7.99. The highest BCUT2D eigenvalue weighted by Crippen LogP contribution is 2.26. The van der Waals surface area contributed by atoms with Gasteiger partial charge in [-0.2, -0.15) is 0 Å². The average Bonchev–Trinajstić information content (AvgIpc) is 2.72. The first-order valence-electron chi connectivity index (χ1n) is 6.37. The normalized spacial score (nSPS) is 12.6. The van der Waals surface area contributed by atoms with Crippen molar-refractivity contribution >= 4 is 39.2 Å². The minimum atomic E-state index is -0.294. The zero-order chi connectivity index (χ0) is 15.6. The monoisotopic (exact) mass is 327 g/mol. The van der Waals surface area contributed by atoms with Crippen molar-refractivity contribution in [3.8, 4) is 0 Å². The second-order valence-electron chi connectivity index (χ2n) is 4.60. The van der Waals surface area contributed by atoms with E-state index in [0.717, 1.165) is 15.3 Å². The number of H-pyrrole nitrogens is 1. The maximum absolute atomic E-state index is 12.1. The number of hydrogen-bond donors (Lipinski definition) is 2. The maximum atomic E-state index is 12.1. The van der Waals surface area contributed by atoms with Gasteiger partial charge in [-0.25, -0.2) is 10.5 Å². The summed E-state index contributed by atoms with van der Waals surface area (Å²) in [5.41, 5.74) is 3.15. The van der Waals surface area contributed by atoms with E-state index in [1.165, 1.54) is 30.2 Å². The second kappa shape index (κ2) is 6.59. The van der Waals surface area contributed by atoms with Gasteiger partial charge in [0.15, 0.2) is 0 Å². The Morgan fingerprint density at radius 3 is 2.90 bits per heavy atom. The summed E-state index contributed by atoms with van der Waals surface area (Å²) < 4.78 is 0. The number of amides is 1. The number of aromatic amines is 1. The van der Waals surface area contributed by atoms with Gasteiger partial charge in [0.1, 0.15) is 10.7 Å². The van der Waals surface area contributed by atoms with Crippen molar-refractivity contribution in [1.82, 2.24) is 15.4 Å². The molecule has 0 aliphatic heterocycles. The first-order valence-corrected chi connectivity index (χ1v) is 8.24. The molecule has 0 radical (unpaired) electrons. The molecule has 2 N–H and O–H groups in total. The smallest absolute Gasteiger partial charge is 0.259 e. The van der Waals surface area contributed by atoms with E-state index in [0.29, 0.717) is 17.0 Å². The van der Waals surface area contributed by atoms with Crippen LogP contribution in [-0.4, -0.2) is 28.2 Å². The van der Waals surface area contributed by atoms with Gasteiger partial charge in [0, 0.05) is 4.88 Å². The van der Waals surface area contributed by atoms with E-state index in [4.69, 9.17) is 0 Å². The van der Waals surface area contributed by atoms with Crippen LogP contribution in [-0.2, 0) is 15.4 Å². The largest absolute Gasteiger partial charge is 0.309 e. The van der Waals surface area contributed by atoms with Crippen molar-refractivity contribution < 1.29 is 9.63 Å². The third-order valence-corrected chi connectivity index (χ3v) is 5.39. The molecule has 0 fully saturated rings. The SMILES string of the molecule is CONC(=O)C(C)SCc1nc2sc(C)c(C)c2c(=O)[nH]1. The van der Waals surface area contributed by atoms with Gasteiger partial charge in [0.2, 0.25) is 0 Å². The number of nitrogens with one attached hydrogen (secondary N) is 2. The molecule has 6 nitrogen and oxygen atoms in total. The summed E-state index contributed by atoms with van der Waals surface area (Å²) in [6, 6.07) is 0. The van der Waals surface area contributed by atoms with Crippen molar-refractivity contribution in [3.05, 3.63) is 26.6 Å². The molecule has 8 heteroatoms. The minimum Gasteiger partial charge on any atom is -0.309 e. The Bertz CT molecular complexity index is 723. The molecule has 0 saturated heterocycles. The lowest BCUT2D eigenvalue weighted by Gasteiger charge is -2.09. The van der Waals surface area contributed by atoms with Crippen LogP contribution in [0.15, 0.2) is 4.79 Å². The third-order valence-electron chi connectivity index (χ3n) is 3.13. The summed E-state index contributed by atoms with van der Waals surface area (Å²) >= 11 is 2.90. The zero-order valence-electron chi connectivity index (χ0n) is 12.3. The summed E-state index contributed by atoms with van der Waals surface area (Å²) in [5.74, 6) is 0.823. The predicted molar refractivity (Wildman–Crippen MR) is 85.6 cm³/mol. The first kappa shape index (κ1) is 16.0. The van der Waals surface area contributed by atoms with Crippen LogP contribution in [0.4, 0.5) is 0 Å². The number of aryl methyl sites for hydroxylation is 2. The van der Waals surface area contributed by atoms with Gasteiger partial charge in [-0.3, -0.25) is 14.4 Å². The number of hydroxylamine groups is 1. The summed E-state index contributed by atoms with van der Waals surface area (Å²) in [5, 5.41) is 0.370. The van der Waals surface area contributed by atoms with Gasteiger partial charge in [-0.15, -0.1) is 23.1 Å². The van der Waals surface area contributed by atoms with E-state index in [-0.39, 0.29) is 16.7 Å². The van der Waals surface area contributed by atoms with Crippen molar-refractivity contribution in [2.45, 2.75) is 31.8 Å². The number of nitrogens with zero attached hydrogens (tertiary/aromatic N) is 1. The Labute approximate surface area is 130 Å². The molecule has 21 heavy (non-hydrogen) atoms. The number of carbonyl (C=O) groups excluding carboxylic acids is 1. The van der Waals surface area contributed by atoms with E-state index < -0.39 is 0 Å².